The van der Waals surface area contributed by atoms with Gasteiger partial charge in [0.2, 0.25) is 0 Å². The van der Waals surface area contributed by atoms with E-state index in [1.54, 1.807) is 18.3 Å². The predicted octanol–water partition coefficient (Wildman–Crippen LogP) is 3.98. The molecule has 0 fully saturated rings. The first-order valence-electron chi connectivity index (χ1n) is 8.94. The molecule has 0 aliphatic rings. The van der Waals surface area contributed by atoms with Crippen LogP contribution in [0.5, 0.6) is 11.5 Å². The van der Waals surface area contributed by atoms with Gasteiger partial charge >= 0.3 is 0 Å². The van der Waals surface area contributed by atoms with Crippen LogP contribution >= 0.6 is 15.9 Å². The molecule has 1 aromatic heterocycles. The molecular weight excluding hydrogens is 436 g/mol. The Morgan fingerprint density at radius 1 is 1.28 bits per heavy atom. The molecule has 0 spiro atoms. The zero-order valence-corrected chi connectivity index (χ0v) is 17.3. The lowest BCUT2D eigenvalue weighted by atomic mass is 10.2. The fourth-order valence-electron chi connectivity index (χ4n) is 2.70. The van der Waals surface area contributed by atoms with E-state index < -0.39 is 0 Å². The molecule has 7 nitrogen and oxygen atoms in total. The number of halogens is 1. The van der Waals surface area contributed by atoms with Gasteiger partial charge in [0, 0.05) is 24.1 Å². The number of hydrogen-bond acceptors (Lipinski definition) is 5. The van der Waals surface area contributed by atoms with Gasteiger partial charge in [0.25, 0.3) is 5.91 Å². The molecule has 2 aromatic carbocycles. The lowest BCUT2D eigenvalue weighted by Gasteiger charge is -2.14. The van der Waals surface area contributed by atoms with Gasteiger partial charge < -0.3 is 14.8 Å². The van der Waals surface area contributed by atoms with E-state index in [1.165, 1.54) is 0 Å². The Kier molecular flexibility index (Phi) is 6.87. The van der Waals surface area contributed by atoms with E-state index in [0.717, 1.165) is 5.56 Å². The Balaban J connectivity index is 1.64. The van der Waals surface area contributed by atoms with Gasteiger partial charge in [-0.3, -0.25) is 9.48 Å². The van der Waals surface area contributed by atoms with E-state index in [2.05, 4.69) is 32.4 Å². The number of amides is 1. The number of carbonyl (C=O) groups is 1. The molecule has 1 amide bonds. The van der Waals surface area contributed by atoms with Crippen molar-refractivity contribution < 1.29 is 14.3 Å². The molecule has 0 unspecified atom stereocenters. The monoisotopic (exact) mass is 454 g/mol. The number of anilines is 1. The molecule has 1 N–H and O–H groups in total. The quantitative estimate of drug-likeness (QED) is 0.555. The first-order valence-corrected chi connectivity index (χ1v) is 9.73. The van der Waals surface area contributed by atoms with Crippen LogP contribution in [0.4, 0.5) is 5.69 Å². The molecule has 0 saturated carbocycles. The lowest BCUT2D eigenvalue weighted by molar-refractivity contribution is -0.118. The van der Waals surface area contributed by atoms with Gasteiger partial charge in [-0.2, -0.15) is 10.4 Å². The van der Waals surface area contributed by atoms with Gasteiger partial charge in [-0.25, -0.2) is 0 Å². The lowest BCUT2D eigenvalue weighted by Crippen LogP contribution is -2.20. The molecular formula is C21H19BrN4O3. The average molecular weight is 455 g/mol. The summed E-state index contributed by atoms with van der Waals surface area (Å²) in [6, 6.07) is 14.7. The van der Waals surface area contributed by atoms with Gasteiger partial charge in [-0.1, -0.05) is 12.1 Å². The zero-order chi connectivity index (χ0) is 20.6. The number of rotatable bonds is 8. The molecule has 8 heteroatoms. The third-order valence-electron chi connectivity index (χ3n) is 3.90. The van der Waals surface area contributed by atoms with E-state index >= 15 is 0 Å². The molecule has 3 rings (SSSR count). The third kappa shape index (κ3) is 5.59. The Hall–Kier alpha value is -3.31. The van der Waals surface area contributed by atoms with Crippen molar-refractivity contribution in [3.63, 3.8) is 0 Å². The number of aromatic nitrogens is 2. The molecule has 1 heterocycles. The fourth-order valence-corrected chi connectivity index (χ4v) is 3.26. The molecule has 3 aromatic rings. The van der Waals surface area contributed by atoms with Gasteiger partial charge in [0.1, 0.15) is 0 Å². The van der Waals surface area contributed by atoms with E-state index in [4.69, 9.17) is 14.7 Å². The number of hydrogen-bond donors (Lipinski definition) is 1. The van der Waals surface area contributed by atoms with Crippen LogP contribution < -0.4 is 14.8 Å². The molecule has 148 valence electrons. The summed E-state index contributed by atoms with van der Waals surface area (Å²) < 4.78 is 13.5. The highest BCUT2D eigenvalue weighted by atomic mass is 79.9. The number of nitrogens with zero attached hydrogens (tertiary/aromatic N) is 3. The van der Waals surface area contributed by atoms with Crippen molar-refractivity contribution in [2.75, 3.05) is 18.5 Å². The number of nitrogens with one attached hydrogen (secondary N) is 1. The SMILES string of the molecule is CCOc1cc(C#N)cc(Br)c1OCC(=O)Nc1cccc(Cn2cccn2)c1. The predicted molar refractivity (Wildman–Crippen MR) is 112 cm³/mol. The Morgan fingerprint density at radius 3 is 2.86 bits per heavy atom. The Labute approximate surface area is 177 Å². The number of ether oxygens (including phenoxy) is 2. The van der Waals surface area contributed by atoms with Gasteiger partial charge in [-0.15, -0.1) is 0 Å². The van der Waals surface area contributed by atoms with Crippen molar-refractivity contribution in [2.24, 2.45) is 0 Å². The maximum atomic E-state index is 12.4. The highest BCUT2D eigenvalue weighted by molar-refractivity contribution is 9.10. The topological polar surface area (TPSA) is 89.2 Å². The summed E-state index contributed by atoms with van der Waals surface area (Å²) >= 11 is 3.37. The molecule has 0 radical (unpaired) electrons. The molecule has 0 atom stereocenters. The van der Waals surface area contributed by atoms with Crippen LogP contribution in [-0.2, 0) is 11.3 Å². The highest BCUT2D eigenvalue weighted by Gasteiger charge is 2.14. The van der Waals surface area contributed by atoms with Crippen molar-refractivity contribution in [1.29, 1.82) is 5.26 Å². The van der Waals surface area contributed by atoms with Crippen LogP contribution in [0.25, 0.3) is 0 Å². The summed E-state index contributed by atoms with van der Waals surface area (Å²) in [4.78, 5) is 12.4. The number of nitriles is 1. The summed E-state index contributed by atoms with van der Waals surface area (Å²) in [6.07, 6.45) is 3.60. The second-order valence-electron chi connectivity index (χ2n) is 6.07. The Bertz CT molecular complexity index is 1030. The van der Waals surface area contributed by atoms with Gasteiger partial charge in [0.15, 0.2) is 18.1 Å². The van der Waals surface area contributed by atoms with Crippen LogP contribution in [0.15, 0.2) is 59.3 Å². The summed E-state index contributed by atoms with van der Waals surface area (Å²) in [5, 5.41) is 16.1. The zero-order valence-electron chi connectivity index (χ0n) is 15.8. The van der Waals surface area contributed by atoms with Gasteiger partial charge in [-0.05, 0) is 52.7 Å². The van der Waals surface area contributed by atoms with Crippen molar-refractivity contribution in [2.45, 2.75) is 13.5 Å². The summed E-state index contributed by atoms with van der Waals surface area (Å²) in [7, 11) is 0. The third-order valence-corrected chi connectivity index (χ3v) is 4.49. The van der Waals surface area contributed by atoms with Crippen molar-refractivity contribution in [3.8, 4) is 17.6 Å². The van der Waals surface area contributed by atoms with Crippen molar-refractivity contribution in [1.82, 2.24) is 9.78 Å². The van der Waals surface area contributed by atoms with E-state index in [1.807, 2.05) is 48.1 Å². The molecule has 0 aliphatic carbocycles. The van der Waals surface area contributed by atoms with Gasteiger partial charge in [0.05, 0.1) is 29.3 Å². The smallest absolute Gasteiger partial charge is 0.262 e. The van der Waals surface area contributed by atoms with E-state index in [9.17, 15) is 4.79 Å². The van der Waals surface area contributed by atoms with Crippen LogP contribution in [0, 0.1) is 11.3 Å². The summed E-state index contributed by atoms with van der Waals surface area (Å²) in [5.74, 6) is 0.487. The first kappa shape index (κ1) is 20.4. The highest BCUT2D eigenvalue weighted by Crippen LogP contribution is 2.36. The number of carbonyl (C=O) groups excluding carboxylic acids is 1. The van der Waals surface area contributed by atoms with Crippen molar-refractivity contribution in [3.05, 3.63) is 70.5 Å². The fraction of sp³-hybridized carbons (Fsp3) is 0.190. The molecule has 0 aliphatic heterocycles. The molecule has 29 heavy (non-hydrogen) atoms. The first-order chi connectivity index (χ1) is 14.1. The van der Waals surface area contributed by atoms with Crippen LogP contribution in [0.1, 0.15) is 18.1 Å². The maximum absolute atomic E-state index is 12.4. The minimum atomic E-state index is -0.306. The normalized spacial score (nSPS) is 10.2. The second-order valence-corrected chi connectivity index (χ2v) is 6.93. The Morgan fingerprint density at radius 2 is 2.14 bits per heavy atom. The molecule has 0 bridgehead atoms. The van der Waals surface area contributed by atoms with E-state index in [-0.39, 0.29) is 12.5 Å². The standard InChI is InChI=1S/C21H19BrN4O3/c1-2-28-19-11-16(12-23)10-18(22)21(19)29-14-20(27)25-17-6-3-5-15(9-17)13-26-8-4-7-24-26/h3-11H,2,13-14H2,1H3,(H,25,27). The maximum Gasteiger partial charge on any atom is 0.262 e. The second kappa shape index (κ2) is 9.75. The largest absolute Gasteiger partial charge is 0.490 e. The summed E-state index contributed by atoms with van der Waals surface area (Å²) in [5.41, 5.74) is 2.12. The number of benzene rings is 2. The minimum absolute atomic E-state index is 0.200. The van der Waals surface area contributed by atoms with Crippen LogP contribution in [0.3, 0.4) is 0 Å². The summed E-state index contributed by atoms with van der Waals surface area (Å²) in [6.45, 7) is 2.66. The average Bonchev–Trinajstić information content (AvgIpc) is 3.20. The van der Waals surface area contributed by atoms with Crippen molar-refractivity contribution >= 4 is 27.5 Å². The van der Waals surface area contributed by atoms with Crippen LogP contribution in [0.2, 0.25) is 0 Å². The minimum Gasteiger partial charge on any atom is -0.490 e. The van der Waals surface area contributed by atoms with Crippen LogP contribution in [-0.4, -0.2) is 28.9 Å². The molecule has 0 saturated heterocycles. The van der Waals surface area contributed by atoms with E-state index in [0.29, 0.717) is 40.4 Å².